The summed E-state index contributed by atoms with van der Waals surface area (Å²) in [5, 5.41) is 12.7. The second-order valence-corrected chi connectivity index (χ2v) is 9.91. The molecular weight excluding hydrogens is 548 g/mol. The summed E-state index contributed by atoms with van der Waals surface area (Å²) in [6.07, 6.45) is -0.280. The van der Waals surface area contributed by atoms with Crippen LogP contribution in [0.25, 0.3) is 0 Å². The topological polar surface area (TPSA) is 133 Å². The van der Waals surface area contributed by atoms with Crippen LogP contribution in [0.2, 0.25) is 0 Å². The summed E-state index contributed by atoms with van der Waals surface area (Å²) in [5.74, 6) is -4.18. The fourth-order valence-electron chi connectivity index (χ4n) is 4.47. The first-order chi connectivity index (χ1) is 19.2. The molecule has 2 aromatic carbocycles. The number of primary amides is 1. The Morgan fingerprint density at radius 3 is 2.34 bits per heavy atom. The van der Waals surface area contributed by atoms with E-state index in [9.17, 15) is 27.9 Å². The molecule has 9 nitrogen and oxygen atoms in total. The highest BCUT2D eigenvalue weighted by atomic mass is 19.4. The number of benzene rings is 2. The number of amides is 2. The Balaban J connectivity index is 1.77. The molecule has 4 N–H and O–H groups in total. The third-order valence-corrected chi connectivity index (χ3v) is 6.13. The molecule has 4 rings (SSSR count). The number of anilines is 1. The normalized spacial score (nSPS) is 14.0. The van der Waals surface area contributed by atoms with Crippen molar-refractivity contribution in [3.05, 3.63) is 71.3 Å². The summed E-state index contributed by atoms with van der Waals surface area (Å²) < 4.78 is 69.3. The molecule has 0 bridgehead atoms. The third-order valence-electron chi connectivity index (χ3n) is 6.13. The van der Waals surface area contributed by atoms with Crippen LogP contribution in [-0.4, -0.2) is 49.5 Å². The largest absolute Gasteiger partial charge is 0.573 e. The molecule has 1 saturated carbocycles. The van der Waals surface area contributed by atoms with Gasteiger partial charge in [0.1, 0.15) is 34.2 Å². The Bertz CT molecular complexity index is 1460. The van der Waals surface area contributed by atoms with Crippen molar-refractivity contribution in [1.29, 1.82) is 0 Å². The van der Waals surface area contributed by atoms with Crippen molar-refractivity contribution in [1.82, 2.24) is 4.98 Å². The summed E-state index contributed by atoms with van der Waals surface area (Å²) in [7, 11) is 2.48. The number of alkyl halides is 3. The number of nitrogens with zero attached hydrogens (tertiary/aromatic N) is 1. The zero-order valence-electron chi connectivity index (χ0n) is 22.0. The molecule has 0 atom stereocenters. The number of hydrogen-bond acceptors (Lipinski definition) is 7. The van der Waals surface area contributed by atoms with Gasteiger partial charge in [-0.1, -0.05) is 12.8 Å². The first-order valence-electron chi connectivity index (χ1n) is 12.6. The molecule has 15 heteroatoms. The van der Waals surface area contributed by atoms with Gasteiger partial charge in [0.2, 0.25) is 0 Å². The molecule has 41 heavy (non-hydrogen) atoms. The molecule has 1 aliphatic carbocycles. The number of aromatic nitrogens is 1. The van der Waals surface area contributed by atoms with Crippen molar-refractivity contribution in [3.63, 3.8) is 0 Å². The van der Waals surface area contributed by atoms with E-state index in [4.69, 9.17) is 15.2 Å². The Hall–Kier alpha value is -4.26. The lowest BCUT2D eigenvalue weighted by Gasteiger charge is -2.24. The Labute approximate surface area is 233 Å². The van der Waals surface area contributed by atoms with Gasteiger partial charge in [-0.15, -0.1) is 13.2 Å². The number of pyridine rings is 1. The van der Waals surface area contributed by atoms with Gasteiger partial charge in [-0.25, -0.2) is 4.39 Å². The molecule has 214 valence electrons. The van der Waals surface area contributed by atoms with Crippen LogP contribution in [0.4, 0.5) is 23.2 Å². The second kappa shape index (κ2) is 11.7. The van der Waals surface area contributed by atoms with Crippen LogP contribution in [-0.2, 0) is 0 Å². The van der Waals surface area contributed by atoms with E-state index in [2.05, 4.69) is 15.0 Å². The van der Waals surface area contributed by atoms with Crippen LogP contribution in [0.15, 0.2) is 48.7 Å². The summed E-state index contributed by atoms with van der Waals surface area (Å²) in [5.41, 5.74) is 3.41. The number of rotatable bonds is 9. The monoisotopic (exact) mass is 573 g/mol. The minimum atomic E-state index is -5.00. The average molecular weight is 573 g/mol. The van der Waals surface area contributed by atoms with Crippen molar-refractivity contribution < 1.29 is 46.5 Å². The predicted molar refractivity (Wildman–Crippen MR) is 144 cm³/mol. The molecule has 3 aromatic rings. The predicted octanol–water partition coefficient (Wildman–Crippen LogP) is 3.17. The maximum Gasteiger partial charge on any atom is 0.573 e. The lowest BCUT2D eigenvalue weighted by Crippen LogP contribution is -2.36. The van der Waals surface area contributed by atoms with E-state index >= 15 is 4.39 Å². The van der Waals surface area contributed by atoms with Crippen LogP contribution in [0.3, 0.4) is 0 Å². The number of carbonyl (C=O) groups excluding carboxylic acids is 2. The van der Waals surface area contributed by atoms with E-state index in [1.54, 1.807) is 0 Å². The molecule has 1 heterocycles. The van der Waals surface area contributed by atoms with Gasteiger partial charge in [0.05, 0.1) is 0 Å². The van der Waals surface area contributed by atoms with Gasteiger partial charge >= 0.3 is 6.36 Å². The fourth-order valence-corrected chi connectivity index (χ4v) is 4.47. The van der Waals surface area contributed by atoms with Gasteiger partial charge in [0.15, 0.2) is 27.2 Å². The van der Waals surface area contributed by atoms with E-state index in [1.165, 1.54) is 46.2 Å². The van der Waals surface area contributed by atoms with Gasteiger partial charge in [0, 0.05) is 18.0 Å². The number of nitrogens with two attached hydrogens (primary N) is 1. The fraction of sp³-hybridized carbons (Fsp3) is 0.269. The van der Waals surface area contributed by atoms with Crippen molar-refractivity contribution in [2.24, 2.45) is 5.73 Å². The summed E-state index contributed by atoms with van der Waals surface area (Å²) in [6.45, 7) is 0. The van der Waals surface area contributed by atoms with Crippen LogP contribution in [0.1, 0.15) is 58.0 Å². The molecule has 0 aliphatic heterocycles. The number of halogens is 4. The molecule has 1 aliphatic rings. The van der Waals surface area contributed by atoms with Crippen LogP contribution < -0.4 is 25.3 Å². The van der Waals surface area contributed by atoms with E-state index in [1.807, 2.05) is 0 Å². The second-order valence-electron chi connectivity index (χ2n) is 9.91. The van der Waals surface area contributed by atoms with Crippen molar-refractivity contribution in [2.75, 3.05) is 5.32 Å². The van der Waals surface area contributed by atoms with E-state index in [-0.39, 0.29) is 34.5 Å². The van der Waals surface area contributed by atoms with Gasteiger partial charge in [0.25, 0.3) is 11.8 Å². The van der Waals surface area contributed by atoms with Gasteiger partial charge in [-0.3, -0.25) is 14.6 Å². The maximum absolute atomic E-state index is 15.6. The quantitative estimate of drug-likeness (QED) is 0.204. The highest BCUT2D eigenvalue weighted by molar-refractivity contribution is 6.37. The van der Waals surface area contributed by atoms with Gasteiger partial charge < -0.3 is 30.4 Å². The van der Waals surface area contributed by atoms with Gasteiger partial charge in [-0.05, 0) is 60.7 Å². The molecule has 0 spiro atoms. The standard InChI is InChI=1S/C26H25B2F4N3O6/c27-25(28,38)41-20-12-16(40-26(30,31)32)5-6-19(20)39-21-10-14(13-3-1-2-4-13)9-17(29)22(21)24(37)35-15-7-8-34-18(11-15)23(33)36/h5-13,38H,1-4,27-28H2,(H2,33,36)(H,34,35,37). The zero-order chi connectivity index (χ0) is 29.9. The van der Waals surface area contributed by atoms with Gasteiger partial charge in [-0.2, -0.15) is 0 Å². The van der Waals surface area contributed by atoms with E-state index in [0.29, 0.717) is 5.56 Å². The molecule has 0 saturated heterocycles. The maximum atomic E-state index is 15.6. The molecular formula is C26H25B2F4N3O6. The summed E-state index contributed by atoms with van der Waals surface area (Å²) in [6, 6.07) is 8.17. The molecule has 1 fully saturated rings. The van der Waals surface area contributed by atoms with Crippen LogP contribution >= 0.6 is 0 Å². The summed E-state index contributed by atoms with van der Waals surface area (Å²) >= 11 is 0. The zero-order valence-corrected chi connectivity index (χ0v) is 22.0. The van der Waals surface area contributed by atoms with Crippen molar-refractivity contribution in [2.45, 2.75) is 43.5 Å². The van der Waals surface area contributed by atoms with Crippen LogP contribution in [0, 0.1) is 5.82 Å². The number of hydrogen-bond donors (Lipinski definition) is 3. The lowest BCUT2D eigenvalue weighted by molar-refractivity contribution is -0.274. The van der Waals surface area contributed by atoms with E-state index in [0.717, 1.165) is 43.9 Å². The Kier molecular flexibility index (Phi) is 8.47. The smallest absolute Gasteiger partial charge is 0.476 e. The molecule has 0 radical (unpaired) electrons. The Morgan fingerprint density at radius 1 is 1.00 bits per heavy atom. The molecule has 0 unspecified atom stereocenters. The highest BCUT2D eigenvalue weighted by Crippen LogP contribution is 2.42. The first-order valence-corrected chi connectivity index (χ1v) is 12.6. The minimum Gasteiger partial charge on any atom is -0.476 e. The van der Waals surface area contributed by atoms with E-state index < -0.39 is 40.9 Å². The minimum absolute atomic E-state index is 0.0111. The van der Waals surface area contributed by atoms with Crippen LogP contribution in [0.5, 0.6) is 23.0 Å². The molecule has 1 aromatic heterocycles. The Morgan fingerprint density at radius 2 is 1.71 bits per heavy atom. The summed E-state index contributed by atoms with van der Waals surface area (Å²) in [4.78, 5) is 28.6. The molecule has 2 amide bonds. The number of aliphatic hydroxyl groups is 1. The van der Waals surface area contributed by atoms with Crippen molar-refractivity contribution in [3.8, 4) is 23.0 Å². The number of carbonyl (C=O) groups is 2. The number of ether oxygens (including phenoxy) is 3. The first kappa shape index (κ1) is 29.7. The van der Waals surface area contributed by atoms with Crippen molar-refractivity contribution >= 4 is 33.2 Å². The average Bonchev–Trinajstić information content (AvgIpc) is 3.39. The number of nitrogens with one attached hydrogen (secondary N) is 1. The highest BCUT2D eigenvalue weighted by Gasteiger charge is 2.32. The lowest BCUT2D eigenvalue weighted by atomic mass is 9.76. The third kappa shape index (κ3) is 7.91. The SMILES string of the molecule is BC(B)(O)Oc1cc(OC(F)(F)F)ccc1Oc1cc(C2CCCC2)cc(F)c1C(=O)Nc1ccnc(C(N)=O)c1.